The van der Waals surface area contributed by atoms with Crippen LogP contribution in [0.4, 0.5) is 5.69 Å². The summed E-state index contributed by atoms with van der Waals surface area (Å²) in [5, 5.41) is 52.7. The molecule has 1 saturated heterocycles. The molecule has 0 aliphatic carbocycles. The van der Waals surface area contributed by atoms with Gasteiger partial charge in [-0.15, -0.1) is 16.9 Å². The molecule has 0 saturated carbocycles. The molecule has 194 valence electrons. The van der Waals surface area contributed by atoms with Crippen LogP contribution in [0.15, 0.2) is 40.7 Å². The maximum atomic E-state index is 12.8. The number of aliphatic hydroxyl groups excluding tert-OH is 1. The summed E-state index contributed by atoms with van der Waals surface area (Å²) >= 11 is 2.18. The van der Waals surface area contributed by atoms with E-state index >= 15 is 0 Å². The smallest absolute Gasteiger partial charge is 0.352 e. The summed E-state index contributed by atoms with van der Waals surface area (Å²) in [6, 6.07) is 3.98. The molecule has 1 fully saturated rings. The zero-order valence-electron chi connectivity index (χ0n) is 18.5. The highest BCUT2D eigenvalue weighted by Crippen LogP contribution is 2.41. The third-order valence-electron chi connectivity index (χ3n) is 5.38. The maximum absolute atomic E-state index is 12.8. The third-order valence-corrected chi connectivity index (χ3v) is 7.77. The minimum absolute atomic E-state index is 0.0541. The van der Waals surface area contributed by atoms with E-state index in [0.717, 1.165) is 27.4 Å². The molecule has 2 aromatic rings. The van der Waals surface area contributed by atoms with Crippen LogP contribution in [-0.4, -0.2) is 92.0 Å². The Balaban J connectivity index is 1.47. The standard InChI is InChI=1S/C19H17N7O9S2/c27-11(28)5-24-19(21-22-23-24)37-7-8-6-36-17-12(16(31)25(17)13(8)18(32)33)20-15(30)14(29)9-3-1-2-4-10(9)26(34)35/h1-4,12,14,17,29H,5-7H2,(H,20,30)(H,27,28)(H,32,33)/t12?,14-,17-/m1/s1. The number of aliphatic carboxylic acids is 2. The van der Waals surface area contributed by atoms with Crippen LogP contribution in [0.1, 0.15) is 11.7 Å². The van der Waals surface area contributed by atoms with Crippen LogP contribution in [0, 0.1) is 10.1 Å². The summed E-state index contributed by atoms with van der Waals surface area (Å²) in [5.41, 5.74) is -0.628. The lowest BCUT2D eigenvalue weighted by Crippen LogP contribution is -2.70. The Morgan fingerprint density at radius 3 is 2.70 bits per heavy atom. The van der Waals surface area contributed by atoms with Crippen molar-refractivity contribution in [2.75, 3.05) is 11.5 Å². The number of benzene rings is 1. The van der Waals surface area contributed by atoms with Gasteiger partial charge in [-0.2, -0.15) is 0 Å². The maximum Gasteiger partial charge on any atom is 0.352 e. The second-order valence-electron chi connectivity index (χ2n) is 7.67. The first-order valence-electron chi connectivity index (χ1n) is 10.3. The first kappa shape index (κ1) is 26.0. The number of nitrogens with zero attached hydrogens (tertiary/aromatic N) is 6. The molecular formula is C19H17N7O9S2. The number of rotatable bonds is 10. The summed E-state index contributed by atoms with van der Waals surface area (Å²) in [4.78, 5) is 59.9. The van der Waals surface area contributed by atoms with E-state index in [-0.39, 0.29) is 27.9 Å². The van der Waals surface area contributed by atoms with Gasteiger partial charge in [0.1, 0.15) is 23.7 Å². The first-order valence-corrected chi connectivity index (χ1v) is 12.4. The van der Waals surface area contributed by atoms with Crippen LogP contribution in [0.3, 0.4) is 0 Å². The normalized spacial score (nSPS) is 19.6. The van der Waals surface area contributed by atoms with Crippen molar-refractivity contribution in [1.29, 1.82) is 0 Å². The van der Waals surface area contributed by atoms with Crippen LogP contribution in [0.5, 0.6) is 0 Å². The summed E-state index contributed by atoms with van der Waals surface area (Å²) in [6.07, 6.45) is -1.92. The summed E-state index contributed by atoms with van der Waals surface area (Å²) in [5.74, 6) is -4.08. The highest BCUT2D eigenvalue weighted by Gasteiger charge is 2.54. The largest absolute Gasteiger partial charge is 0.480 e. The van der Waals surface area contributed by atoms with Crippen LogP contribution < -0.4 is 5.32 Å². The van der Waals surface area contributed by atoms with E-state index in [1.54, 1.807) is 0 Å². The van der Waals surface area contributed by atoms with Crippen molar-refractivity contribution in [2.24, 2.45) is 0 Å². The third kappa shape index (κ3) is 5.11. The number of nitrogens with one attached hydrogen (secondary N) is 1. The molecular weight excluding hydrogens is 534 g/mol. The number of fused-ring (bicyclic) bond motifs is 1. The number of nitro groups is 1. The number of thioether (sulfide) groups is 2. The van der Waals surface area contributed by atoms with Crippen molar-refractivity contribution in [2.45, 2.75) is 29.2 Å². The number of carboxylic acid groups (broad SMARTS) is 2. The Morgan fingerprint density at radius 1 is 1.30 bits per heavy atom. The van der Waals surface area contributed by atoms with E-state index in [1.165, 1.54) is 30.0 Å². The van der Waals surface area contributed by atoms with E-state index in [1.807, 2.05) is 0 Å². The number of aliphatic hydroxyl groups is 1. The summed E-state index contributed by atoms with van der Waals surface area (Å²) < 4.78 is 1.04. The number of aromatic nitrogens is 4. The molecule has 3 heterocycles. The minimum atomic E-state index is -1.92. The molecule has 4 rings (SSSR count). The van der Waals surface area contributed by atoms with Gasteiger partial charge >= 0.3 is 11.9 Å². The molecule has 1 aromatic carbocycles. The molecule has 0 bridgehead atoms. The number of tetrazole rings is 1. The number of hydrogen-bond donors (Lipinski definition) is 4. The summed E-state index contributed by atoms with van der Waals surface area (Å²) in [7, 11) is 0. The number of carboxylic acids is 2. The van der Waals surface area contributed by atoms with E-state index in [2.05, 4.69) is 20.8 Å². The topological polar surface area (TPSA) is 231 Å². The van der Waals surface area contributed by atoms with Gasteiger partial charge in [-0.25, -0.2) is 9.48 Å². The van der Waals surface area contributed by atoms with E-state index in [0.29, 0.717) is 5.57 Å². The van der Waals surface area contributed by atoms with Crippen LogP contribution in [0.25, 0.3) is 0 Å². The van der Waals surface area contributed by atoms with Crippen LogP contribution in [-0.2, 0) is 25.7 Å². The minimum Gasteiger partial charge on any atom is -0.480 e. The van der Waals surface area contributed by atoms with Gasteiger partial charge in [0.2, 0.25) is 5.16 Å². The highest BCUT2D eigenvalue weighted by molar-refractivity contribution is 8.01. The second kappa shape index (κ2) is 10.5. The quantitative estimate of drug-likeness (QED) is 0.123. The molecule has 1 aromatic heterocycles. The average molecular weight is 552 g/mol. The number of para-hydroxylation sites is 1. The van der Waals surface area contributed by atoms with Gasteiger partial charge in [0.25, 0.3) is 17.5 Å². The molecule has 2 aliphatic heterocycles. The van der Waals surface area contributed by atoms with Gasteiger partial charge in [0, 0.05) is 17.6 Å². The zero-order valence-corrected chi connectivity index (χ0v) is 20.1. The van der Waals surface area contributed by atoms with Crippen molar-refractivity contribution in [3.63, 3.8) is 0 Å². The molecule has 2 amide bonds. The van der Waals surface area contributed by atoms with Crippen molar-refractivity contribution < 1.29 is 39.4 Å². The molecule has 4 N–H and O–H groups in total. The Hall–Kier alpha value is -4.03. The van der Waals surface area contributed by atoms with Crippen molar-refractivity contribution in [3.05, 3.63) is 51.2 Å². The molecule has 3 atom stereocenters. The Kier molecular flexibility index (Phi) is 7.41. The lowest BCUT2D eigenvalue weighted by atomic mass is 10.0. The first-order chi connectivity index (χ1) is 17.6. The monoisotopic (exact) mass is 551 g/mol. The fraction of sp³-hybridized carbons (Fsp3) is 0.316. The van der Waals surface area contributed by atoms with Crippen LogP contribution >= 0.6 is 23.5 Å². The summed E-state index contributed by atoms with van der Waals surface area (Å²) in [6.45, 7) is -0.485. The molecule has 37 heavy (non-hydrogen) atoms. The van der Waals surface area contributed by atoms with E-state index < -0.39 is 58.4 Å². The number of carbonyl (C=O) groups is 4. The highest BCUT2D eigenvalue weighted by atomic mass is 32.2. The molecule has 18 heteroatoms. The Morgan fingerprint density at radius 2 is 2.03 bits per heavy atom. The fourth-order valence-corrected chi connectivity index (χ4v) is 6.09. The van der Waals surface area contributed by atoms with E-state index in [4.69, 9.17) is 5.11 Å². The lowest BCUT2D eigenvalue weighted by molar-refractivity contribution is -0.386. The molecule has 16 nitrogen and oxygen atoms in total. The van der Waals surface area contributed by atoms with Crippen molar-refractivity contribution >= 4 is 53.0 Å². The Bertz CT molecular complexity index is 1330. The fourth-order valence-electron chi connectivity index (χ4n) is 3.73. The van der Waals surface area contributed by atoms with Crippen LogP contribution in [0.2, 0.25) is 0 Å². The molecule has 0 spiro atoms. The second-order valence-corrected chi connectivity index (χ2v) is 9.72. The predicted octanol–water partition coefficient (Wildman–Crippen LogP) is -0.770. The van der Waals surface area contributed by atoms with Crippen molar-refractivity contribution in [3.8, 4) is 0 Å². The van der Waals surface area contributed by atoms with Gasteiger partial charge < -0.3 is 20.6 Å². The number of β-lactam (4-membered cyclic amide) rings is 1. The molecule has 0 radical (unpaired) electrons. The van der Waals surface area contributed by atoms with E-state index in [9.17, 15) is 39.5 Å². The zero-order chi connectivity index (χ0) is 26.9. The number of amides is 2. The van der Waals surface area contributed by atoms with Gasteiger partial charge in [-0.3, -0.25) is 29.4 Å². The van der Waals surface area contributed by atoms with Gasteiger partial charge in [-0.05, 0) is 22.1 Å². The lowest BCUT2D eigenvalue weighted by Gasteiger charge is -2.49. The number of hydrogen-bond acceptors (Lipinski definition) is 12. The predicted molar refractivity (Wildman–Crippen MR) is 124 cm³/mol. The average Bonchev–Trinajstić information content (AvgIpc) is 3.30. The SMILES string of the molecule is O=C(O)Cn1nnnc1SCC1=C(C(=O)O)N2C(=O)C(NC(=O)[C@H](O)c3ccccc3[N+](=O)[O-])[C@H]2SC1. The van der Waals surface area contributed by atoms with Gasteiger partial charge in [0.05, 0.1) is 10.5 Å². The molecule has 2 aliphatic rings. The van der Waals surface area contributed by atoms with Crippen molar-refractivity contribution in [1.82, 2.24) is 30.4 Å². The number of carbonyl (C=O) groups excluding carboxylic acids is 2. The Labute approximate surface area is 214 Å². The van der Waals surface area contributed by atoms with Gasteiger partial charge in [-0.1, -0.05) is 23.9 Å². The number of nitro benzene ring substituents is 1. The molecule has 1 unspecified atom stereocenters. The van der Waals surface area contributed by atoms with Gasteiger partial charge in [0.15, 0.2) is 6.10 Å².